The molecule has 32 heavy (non-hydrogen) atoms. The summed E-state index contributed by atoms with van der Waals surface area (Å²) in [6.07, 6.45) is -2.38. The van der Waals surface area contributed by atoms with E-state index in [1.165, 1.54) is 6.20 Å². The molecule has 0 saturated carbocycles. The standard InChI is InChI=1S/C20H35N4O7P/c1-12-9-24(20(28)22-18(12)27)19-17(30-10-14(25)21-7-8-23(3)4)15(26)16(31-19)13(2)11-32(5,6)29/h9,13,15-17,19,26H,7-8,10-11H2,1-6H3,(H,21,25)(H,22,27,28)/t13-,15+,16+,17+,19+/m0/s1. The van der Waals surface area contributed by atoms with E-state index in [9.17, 15) is 24.1 Å². The van der Waals surface area contributed by atoms with Crippen molar-refractivity contribution in [3.05, 3.63) is 32.6 Å². The van der Waals surface area contributed by atoms with Crippen molar-refractivity contribution in [2.24, 2.45) is 5.92 Å². The van der Waals surface area contributed by atoms with Gasteiger partial charge in [-0.05, 0) is 40.3 Å². The minimum atomic E-state index is -2.40. The zero-order valence-electron chi connectivity index (χ0n) is 19.5. The van der Waals surface area contributed by atoms with Crippen LogP contribution in [0.25, 0.3) is 0 Å². The van der Waals surface area contributed by atoms with Gasteiger partial charge >= 0.3 is 5.69 Å². The predicted octanol–water partition coefficient (Wildman–Crippen LogP) is -0.575. The van der Waals surface area contributed by atoms with Gasteiger partial charge in [-0.25, -0.2) is 4.79 Å². The number of aryl methyl sites for hydroxylation is 1. The van der Waals surface area contributed by atoms with E-state index in [0.29, 0.717) is 19.3 Å². The number of nitrogens with zero attached hydrogens (tertiary/aromatic N) is 2. The quantitative estimate of drug-likeness (QED) is 0.383. The molecule has 0 aliphatic carbocycles. The molecule has 1 aromatic heterocycles. The molecule has 1 amide bonds. The highest BCUT2D eigenvalue weighted by molar-refractivity contribution is 7.62. The van der Waals surface area contributed by atoms with Crippen molar-refractivity contribution >= 4 is 13.0 Å². The highest BCUT2D eigenvalue weighted by Crippen LogP contribution is 2.43. The van der Waals surface area contributed by atoms with Crippen molar-refractivity contribution in [1.29, 1.82) is 0 Å². The van der Waals surface area contributed by atoms with Crippen LogP contribution in [0.4, 0.5) is 0 Å². The summed E-state index contributed by atoms with van der Waals surface area (Å²) in [5.74, 6) is -0.665. The molecule has 0 aromatic carbocycles. The van der Waals surface area contributed by atoms with Gasteiger partial charge in [-0.15, -0.1) is 0 Å². The van der Waals surface area contributed by atoms with Gasteiger partial charge in [0.15, 0.2) is 6.23 Å². The second kappa shape index (κ2) is 10.9. The first kappa shape index (κ1) is 26.5. The summed E-state index contributed by atoms with van der Waals surface area (Å²) in [5, 5.41) is 13.7. The number of hydrogen-bond donors (Lipinski definition) is 3. The molecule has 0 spiro atoms. The van der Waals surface area contributed by atoms with E-state index in [0.717, 1.165) is 4.57 Å². The Morgan fingerprint density at radius 1 is 1.41 bits per heavy atom. The van der Waals surface area contributed by atoms with Crippen LogP contribution in [-0.4, -0.2) is 97.1 Å². The van der Waals surface area contributed by atoms with Gasteiger partial charge in [0.1, 0.15) is 18.8 Å². The Bertz CT molecular complexity index is 954. The fourth-order valence-corrected chi connectivity index (χ4v) is 5.36. The Labute approximate surface area is 187 Å². The summed E-state index contributed by atoms with van der Waals surface area (Å²) in [5.41, 5.74) is -0.955. The zero-order chi connectivity index (χ0) is 24.2. The van der Waals surface area contributed by atoms with Crippen molar-refractivity contribution < 1.29 is 23.9 Å². The number of H-pyrrole nitrogens is 1. The lowest BCUT2D eigenvalue weighted by atomic mass is 10.00. The number of aliphatic hydroxyl groups excluding tert-OH is 1. The molecular weight excluding hydrogens is 439 g/mol. The van der Waals surface area contributed by atoms with E-state index in [4.69, 9.17) is 9.47 Å². The Kier molecular flexibility index (Phi) is 9.01. The molecule has 0 bridgehead atoms. The summed E-state index contributed by atoms with van der Waals surface area (Å²) < 4.78 is 25.2. The molecule has 1 aliphatic heterocycles. The summed E-state index contributed by atoms with van der Waals surface area (Å²) in [6, 6.07) is 0. The van der Waals surface area contributed by atoms with E-state index >= 15 is 0 Å². The number of likely N-dealkylation sites (N-methyl/N-ethyl adjacent to an activating group) is 1. The summed E-state index contributed by atoms with van der Waals surface area (Å²) >= 11 is 0. The van der Waals surface area contributed by atoms with Gasteiger partial charge < -0.3 is 29.4 Å². The van der Waals surface area contributed by atoms with Crippen LogP contribution in [0.1, 0.15) is 18.7 Å². The van der Waals surface area contributed by atoms with Gasteiger partial charge in [-0.1, -0.05) is 6.92 Å². The molecule has 1 aromatic rings. The van der Waals surface area contributed by atoms with Gasteiger partial charge in [0.05, 0.1) is 13.2 Å². The average Bonchev–Trinajstić information content (AvgIpc) is 2.97. The largest absolute Gasteiger partial charge is 0.387 e. The fourth-order valence-electron chi connectivity index (χ4n) is 3.76. The molecule has 3 N–H and O–H groups in total. The topological polar surface area (TPSA) is 143 Å². The average molecular weight is 474 g/mol. The predicted molar refractivity (Wildman–Crippen MR) is 121 cm³/mol. The Morgan fingerprint density at radius 3 is 2.66 bits per heavy atom. The first-order chi connectivity index (χ1) is 14.8. The number of carbonyl (C=O) groups excluding carboxylic acids is 1. The molecule has 182 valence electrons. The number of carbonyl (C=O) groups is 1. The number of aliphatic hydroxyl groups is 1. The van der Waals surface area contributed by atoms with E-state index < -0.39 is 42.9 Å². The summed E-state index contributed by atoms with van der Waals surface area (Å²) in [6.45, 7) is 7.41. The van der Waals surface area contributed by atoms with Crippen LogP contribution in [0, 0.1) is 12.8 Å². The van der Waals surface area contributed by atoms with E-state index in [1.54, 1.807) is 20.3 Å². The van der Waals surface area contributed by atoms with Crippen molar-refractivity contribution in [3.8, 4) is 0 Å². The van der Waals surface area contributed by atoms with Crippen LogP contribution in [0.15, 0.2) is 15.8 Å². The SMILES string of the molecule is Cc1cn([C@@H]2O[C@H]([C@@H](C)CP(C)(C)=O)[C@@H](O)[C@H]2OCC(=O)NCCN(C)C)c(=O)[nH]c1=O. The molecule has 12 heteroatoms. The van der Waals surface area contributed by atoms with Gasteiger partial charge in [-0.2, -0.15) is 0 Å². The second-order valence-electron chi connectivity index (χ2n) is 9.12. The molecule has 1 saturated heterocycles. The first-order valence-corrected chi connectivity index (χ1v) is 13.3. The highest BCUT2D eigenvalue weighted by atomic mass is 31.2. The van der Waals surface area contributed by atoms with E-state index in [1.807, 2.05) is 25.9 Å². The van der Waals surface area contributed by atoms with Crippen molar-refractivity contribution in [2.45, 2.75) is 38.4 Å². The third kappa shape index (κ3) is 7.11. The summed E-state index contributed by atoms with van der Waals surface area (Å²) in [7, 11) is 1.37. The van der Waals surface area contributed by atoms with Crippen LogP contribution in [-0.2, 0) is 18.8 Å². The Morgan fingerprint density at radius 2 is 2.06 bits per heavy atom. The monoisotopic (exact) mass is 474 g/mol. The molecule has 2 heterocycles. The minimum absolute atomic E-state index is 0.283. The van der Waals surface area contributed by atoms with Crippen LogP contribution >= 0.6 is 7.14 Å². The summed E-state index contributed by atoms with van der Waals surface area (Å²) in [4.78, 5) is 40.5. The number of aromatic nitrogens is 2. The Balaban J connectivity index is 2.24. The number of hydrogen-bond acceptors (Lipinski definition) is 8. The van der Waals surface area contributed by atoms with Gasteiger partial charge in [-0.3, -0.25) is 19.1 Å². The number of ether oxygens (including phenoxy) is 2. The van der Waals surface area contributed by atoms with Gasteiger partial charge in [0, 0.05) is 31.0 Å². The molecule has 11 nitrogen and oxygen atoms in total. The number of nitrogens with one attached hydrogen (secondary N) is 2. The molecule has 5 atom stereocenters. The van der Waals surface area contributed by atoms with Crippen LogP contribution in [0.2, 0.25) is 0 Å². The van der Waals surface area contributed by atoms with Crippen molar-refractivity contribution in [1.82, 2.24) is 19.8 Å². The van der Waals surface area contributed by atoms with Crippen LogP contribution in [0.5, 0.6) is 0 Å². The maximum absolute atomic E-state index is 12.4. The molecule has 2 rings (SSSR count). The van der Waals surface area contributed by atoms with Gasteiger partial charge in [0.2, 0.25) is 5.91 Å². The molecule has 0 unspecified atom stereocenters. The molecule has 1 aliphatic rings. The van der Waals surface area contributed by atoms with E-state index in [2.05, 4.69) is 10.3 Å². The third-order valence-electron chi connectivity index (χ3n) is 5.25. The number of amides is 1. The minimum Gasteiger partial charge on any atom is -0.387 e. The molecular formula is C20H35N4O7P. The first-order valence-electron chi connectivity index (χ1n) is 10.5. The maximum Gasteiger partial charge on any atom is 0.330 e. The normalized spacial score (nSPS) is 24.6. The second-order valence-corrected chi connectivity index (χ2v) is 12.6. The van der Waals surface area contributed by atoms with Crippen LogP contribution < -0.4 is 16.6 Å². The van der Waals surface area contributed by atoms with Gasteiger partial charge in [0.25, 0.3) is 5.56 Å². The lowest BCUT2D eigenvalue weighted by molar-refractivity contribution is -0.133. The lowest BCUT2D eigenvalue weighted by Gasteiger charge is -2.24. The fraction of sp³-hybridized carbons (Fsp3) is 0.750. The third-order valence-corrected chi connectivity index (χ3v) is 6.70. The van der Waals surface area contributed by atoms with Crippen molar-refractivity contribution in [3.63, 3.8) is 0 Å². The maximum atomic E-state index is 12.4. The lowest BCUT2D eigenvalue weighted by Crippen LogP contribution is -2.42. The Hall–Kier alpha value is -1.78. The highest BCUT2D eigenvalue weighted by Gasteiger charge is 2.48. The van der Waals surface area contributed by atoms with Crippen LogP contribution in [0.3, 0.4) is 0 Å². The number of aromatic amines is 1. The molecule has 0 radical (unpaired) electrons. The van der Waals surface area contributed by atoms with Crippen molar-refractivity contribution in [2.75, 3.05) is 53.3 Å². The smallest absolute Gasteiger partial charge is 0.330 e. The van der Waals surface area contributed by atoms with E-state index in [-0.39, 0.29) is 24.0 Å². The zero-order valence-corrected chi connectivity index (χ0v) is 20.4. The number of rotatable bonds is 10. The molecule has 1 fully saturated rings.